The maximum Gasteiger partial charge on any atom is 0.243 e. The van der Waals surface area contributed by atoms with Crippen molar-refractivity contribution >= 4 is 15.9 Å². The molecule has 0 aromatic heterocycles. The third-order valence-corrected chi connectivity index (χ3v) is 6.20. The summed E-state index contributed by atoms with van der Waals surface area (Å²) in [5, 5.41) is 2.83. The average molecular weight is 353 g/mol. The van der Waals surface area contributed by atoms with Crippen molar-refractivity contribution in [1.29, 1.82) is 0 Å². The predicted molar refractivity (Wildman–Crippen MR) is 94.0 cm³/mol. The fourth-order valence-electron chi connectivity index (χ4n) is 2.65. The quantitative estimate of drug-likeness (QED) is 0.768. The Hall–Kier alpha value is -1.44. The number of nitrogens with one attached hydrogen (secondary N) is 1. The minimum atomic E-state index is -3.41. The topological polar surface area (TPSA) is 92.5 Å². The molecule has 7 heteroatoms. The highest BCUT2D eigenvalue weighted by Gasteiger charge is 2.25. The van der Waals surface area contributed by atoms with Gasteiger partial charge in [-0.1, -0.05) is 25.5 Å². The predicted octanol–water partition coefficient (Wildman–Crippen LogP) is 1.11. The van der Waals surface area contributed by atoms with Gasteiger partial charge in [0.25, 0.3) is 0 Å². The first-order valence-corrected chi connectivity index (χ1v) is 9.93. The first-order chi connectivity index (χ1) is 11.4. The Morgan fingerprint density at radius 3 is 2.42 bits per heavy atom. The van der Waals surface area contributed by atoms with Crippen LogP contribution < -0.4 is 11.1 Å². The summed E-state index contributed by atoms with van der Waals surface area (Å²) < 4.78 is 26.7. The summed E-state index contributed by atoms with van der Waals surface area (Å²) in [7, 11) is -3.41. The number of carbonyl (C=O) groups is 1. The number of piperidine rings is 1. The standard InChI is InChI=1S/C17H27N3O3S/c1-14(12-18)13-19-17(21)11-15-5-7-16(8-6-15)24(22,23)20-9-3-2-4-10-20/h5-8,14H,2-4,9-13,18H2,1H3,(H,19,21). The van der Waals surface area contributed by atoms with Gasteiger partial charge in [-0.2, -0.15) is 4.31 Å². The Bertz CT molecular complexity index is 638. The highest BCUT2D eigenvalue weighted by atomic mass is 32.2. The first-order valence-electron chi connectivity index (χ1n) is 8.49. The molecule has 134 valence electrons. The van der Waals surface area contributed by atoms with Crippen molar-refractivity contribution in [3.05, 3.63) is 29.8 Å². The summed E-state index contributed by atoms with van der Waals surface area (Å²) in [5.41, 5.74) is 6.31. The van der Waals surface area contributed by atoms with E-state index in [0.717, 1.165) is 24.8 Å². The van der Waals surface area contributed by atoms with Crippen LogP contribution in [0, 0.1) is 5.92 Å². The van der Waals surface area contributed by atoms with Gasteiger partial charge in [-0.15, -0.1) is 0 Å². The van der Waals surface area contributed by atoms with Crippen LogP contribution in [-0.4, -0.2) is 44.8 Å². The second kappa shape index (κ2) is 8.60. The number of rotatable bonds is 7. The van der Waals surface area contributed by atoms with E-state index in [0.29, 0.717) is 31.1 Å². The number of hydrogen-bond donors (Lipinski definition) is 2. The molecular weight excluding hydrogens is 326 g/mol. The largest absolute Gasteiger partial charge is 0.356 e. The van der Waals surface area contributed by atoms with Crippen LogP contribution in [0.25, 0.3) is 0 Å². The third-order valence-electron chi connectivity index (χ3n) is 4.29. The van der Waals surface area contributed by atoms with Crippen LogP contribution in [0.4, 0.5) is 0 Å². The molecule has 1 aromatic carbocycles. The lowest BCUT2D eigenvalue weighted by Gasteiger charge is -2.25. The highest BCUT2D eigenvalue weighted by Crippen LogP contribution is 2.20. The van der Waals surface area contributed by atoms with Crippen molar-refractivity contribution in [2.45, 2.75) is 37.5 Å². The van der Waals surface area contributed by atoms with Gasteiger partial charge in [0.1, 0.15) is 0 Å². The van der Waals surface area contributed by atoms with Crippen LogP contribution in [-0.2, 0) is 21.2 Å². The summed E-state index contributed by atoms with van der Waals surface area (Å²) in [6.45, 7) is 4.23. The van der Waals surface area contributed by atoms with Gasteiger partial charge in [-0.3, -0.25) is 4.79 Å². The Morgan fingerprint density at radius 1 is 1.21 bits per heavy atom. The van der Waals surface area contributed by atoms with E-state index in [-0.39, 0.29) is 18.2 Å². The smallest absolute Gasteiger partial charge is 0.243 e. The Morgan fingerprint density at radius 2 is 1.83 bits per heavy atom. The van der Waals surface area contributed by atoms with Crippen molar-refractivity contribution in [2.24, 2.45) is 11.7 Å². The monoisotopic (exact) mass is 353 g/mol. The molecule has 0 bridgehead atoms. The molecule has 1 atom stereocenters. The number of nitrogens with zero attached hydrogens (tertiary/aromatic N) is 1. The molecule has 1 heterocycles. The van der Waals surface area contributed by atoms with Gasteiger partial charge in [0.05, 0.1) is 11.3 Å². The lowest BCUT2D eigenvalue weighted by atomic mass is 10.1. The highest BCUT2D eigenvalue weighted by molar-refractivity contribution is 7.89. The van der Waals surface area contributed by atoms with Crippen LogP contribution in [0.3, 0.4) is 0 Å². The van der Waals surface area contributed by atoms with Crippen molar-refractivity contribution in [2.75, 3.05) is 26.2 Å². The summed E-state index contributed by atoms with van der Waals surface area (Å²) in [6, 6.07) is 6.61. The van der Waals surface area contributed by atoms with Gasteiger partial charge >= 0.3 is 0 Å². The van der Waals surface area contributed by atoms with E-state index >= 15 is 0 Å². The minimum absolute atomic E-state index is 0.0815. The van der Waals surface area contributed by atoms with Crippen LogP contribution in [0.2, 0.25) is 0 Å². The van der Waals surface area contributed by atoms with E-state index in [9.17, 15) is 13.2 Å². The van der Waals surface area contributed by atoms with Crippen LogP contribution in [0.5, 0.6) is 0 Å². The number of benzene rings is 1. The molecule has 1 saturated heterocycles. The van der Waals surface area contributed by atoms with E-state index in [2.05, 4.69) is 5.32 Å². The number of sulfonamides is 1. The summed E-state index contributed by atoms with van der Waals surface area (Å²) >= 11 is 0. The van der Waals surface area contributed by atoms with Gasteiger partial charge in [-0.25, -0.2) is 8.42 Å². The molecule has 1 fully saturated rings. The van der Waals surface area contributed by atoms with Crippen molar-refractivity contribution in [1.82, 2.24) is 9.62 Å². The Kier molecular flexibility index (Phi) is 6.77. The number of carbonyl (C=O) groups excluding carboxylic acids is 1. The maximum atomic E-state index is 12.6. The molecule has 1 aliphatic rings. The molecule has 2 rings (SSSR count). The molecule has 0 aliphatic carbocycles. The maximum absolute atomic E-state index is 12.6. The van der Waals surface area contributed by atoms with Gasteiger partial charge in [0.15, 0.2) is 0 Å². The molecule has 3 N–H and O–H groups in total. The molecule has 1 amide bonds. The fraction of sp³-hybridized carbons (Fsp3) is 0.588. The van der Waals surface area contributed by atoms with Crippen molar-refractivity contribution in [3.8, 4) is 0 Å². The molecule has 1 aliphatic heterocycles. The average Bonchev–Trinajstić information content (AvgIpc) is 2.61. The molecule has 0 saturated carbocycles. The lowest BCUT2D eigenvalue weighted by Crippen LogP contribution is -2.35. The number of hydrogen-bond acceptors (Lipinski definition) is 4. The van der Waals surface area contributed by atoms with E-state index in [1.807, 2.05) is 6.92 Å². The summed E-state index contributed by atoms with van der Waals surface area (Å²) in [4.78, 5) is 12.2. The zero-order valence-corrected chi connectivity index (χ0v) is 15.0. The van der Waals surface area contributed by atoms with Crippen LogP contribution in [0.15, 0.2) is 29.2 Å². The molecular formula is C17H27N3O3S. The van der Waals surface area contributed by atoms with Crippen LogP contribution in [0.1, 0.15) is 31.7 Å². The number of nitrogens with two attached hydrogens (primary N) is 1. The molecule has 0 spiro atoms. The molecule has 6 nitrogen and oxygen atoms in total. The zero-order valence-electron chi connectivity index (χ0n) is 14.2. The van der Waals surface area contributed by atoms with Gasteiger partial charge in [0, 0.05) is 19.6 Å². The van der Waals surface area contributed by atoms with Crippen LogP contribution >= 0.6 is 0 Å². The van der Waals surface area contributed by atoms with E-state index < -0.39 is 10.0 Å². The van der Waals surface area contributed by atoms with Gasteiger partial charge in [-0.05, 0) is 43.0 Å². The minimum Gasteiger partial charge on any atom is -0.356 e. The second-order valence-corrected chi connectivity index (χ2v) is 8.37. The molecule has 1 aromatic rings. The number of amides is 1. The molecule has 1 unspecified atom stereocenters. The summed E-state index contributed by atoms with van der Waals surface area (Å²) in [6.07, 6.45) is 3.15. The van der Waals surface area contributed by atoms with Gasteiger partial charge in [0.2, 0.25) is 15.9 Å². The third kappa shape index (κ3) is 5.03. The normalized spacial score (nSPS) is 17.4. The Balaban J connectivity index is 1.96. The molecule has 24 heavy (non-hydrogen) atoms. The lowest BCUT2D eigenvalue weighted by molar-refractivity contribution is -0.120. The van der Waals surface area contributed by atoms with Crippen molar-refractivity contribution in [3.63, 3.8) is 0 Å². The summed E-state index contributed by atoms with van der Waals surface area (Å²) in [5.74, 6) is 0.160. The van der Waals surface area contributed by atoms with Crippen molar-refractivity contribution < 1.29 is 13.2 Å². The van der Waals surface area contributed by atoms with E-state index in [1.165, 1.54) is 0 Å². The zero-order chi connectivity index (χ0) is 17.6. The second-order valence-electron chi connectivity index (χ2n) is 6.43. The fourth-order valence-corrected chi connectivity index (χ4v) is 4.17. The van der Waals surface area contributed by atoms with E-state index in [1.54, 1.807) is 28.6 Å². The van der Waals surface area contributed by atoms with E-state index in [4.69, 9.17) is 5.73 Å². The first kappa shape index (κ1) is 18.9. The Labute approximate surface area is 144 Å². The SMILES string of the molecule is CC(CN)CNC(=O)Cc1ccc(S(=O)(=O)N2CCCCC2)cc1. The van der Waals surface area contributed by atoms with Gasteiger partial charge < -0.3 is 11.1 Å². The molecule has 0 radical (unpaired) electrons.